The second-order valence-electron chi connectivity index (χ2n) is 6.61. The van der Waals surface area contributed by atoms with Crippen LogP contribution in [0.2, 0.25) is 0 Å². The molecular formula is C19H23NO4. The van der Waals surface area contributed by atoms with Gasteiger partial charge in [0.2, 0.25) is 0 Å². The van der Waals surface area contributed by atoms with E-state index in [4.69, 9.17) is 9.47 Å². The quantitative estimate of drug-likeness (QED) is 0.794. The molecule has 2 atom stereocenters. The summed E-state index contributed by atoms with van der Waals surface area (Å²) < 4.78 is 10.9. The van der Waals surface area contributed by atoms with E-state index < -0.39 is 0 Å². The third-order valence-electron chi connectivity index (χ3n) is 5.36. The van der Waals surface area contributed by atoms with Gasteiger partial charge >= 0.3 is 0 Å². The van der Waals surface area contributed by atoms with E-state index in [2.05, 4.69) is 4.90 Å². The number of ketones is 2. The van der Waals surface area contributed by atoms with Crippen molar-refractivity contribution >= 4 is 11.6 Å². The van der Waals surface area contributed by atoms with E-state index in [9.17, 15) is 9.59 Å². The molecule has 1 aliphatic carbocycles. The lowest BCUT2D eigenvalue weighted by Crippen LogP contribution is -2.43. The number of Topliss-reactive ketones (excluding diaryl/α,β-unsaturated/α-hetero) is 1. The Balaban J connectivity index is 2.21. The number of benzene rings is 1. The number of rotatable bonds is 4. The zero-order valence-electron chi connectivity index (χ0n) is 14.6. The van der Waals surface area contributed by atoms with E-state index in [0.29, 0.717) is 23.5 Å². The molecule has 0 bridgehead atoms. The molecular weight excluding hydrogens is 306 g/mol. The molecule has 1 aromatic carbocycles. The number of likely N-dealkylation sites (N-methyl/N-ethyl adjacent to an activating group) is 1. The normalized spacial score (nSPS) is 26.3. The molecule has 0 aromatic heterocycles. The predicted molar refractivity (Wildman–Crippen MR) is 91.0 cm³/mol. The van der Waals surface area contributed by atoms with Crippen molar-refractivity contribution in [3.63, 3.8) is 0 Å². The van der Waals surface area contributed by atoms with Gasteiger partial charge in [-0.1, -0.05) is 6.08 Å². The zero-order valence-corrected chi connectivity index (χ0v) is 14.6. The van der Waals surface area contributed by atoms with Crippen molar-refractivity contribution in [3.05, 3.63) is 35.4 Å². The molecule has 1 heterocycles. The highest BCUT2D eigenvalue weighted by atomic mass is 16.5. The summed E-state index contributed by atoms with van der Waals surface area (Å²) in [6.07, 6.45) is 5.10. The molecule has 2 aliphatic rings. The van der Waals surface area contributed by atoms with Crippen molar-refractivity contribution in [2.24, 2.45) is 0 Å². The Morgan fingerprint density at radius 3 is 2.67 bits per heavy atom. The van der Waals surface area contributed by atoms with Gasteiger partial charge in [0, 0.05) is 17.9 Å². The summed E-state index contributed by atoms with van der Waals surface area (Å²) in [6.45, 7) is 2.43. The first-order valence-electron chi connectivity index (χ1n) is 8.12. The van der Waals surface area contributed by atoms with Gasteiger partial charge in [0.15, 0.2) is 23.1 Å². The molecule has 0 saturated carbocycles. The van der Waals surface area contributed by atoms with Crippen LogP contribution in [0.1, 0.15) is 35.7 Å². The van der Waals surface area contributed by atoms with Crippen LogP contribution in [0.15, 0.2) is 24.3 Å². The van der Waals surface area contributed by atoms with Gasteiger partial charge in [0.25, 0.3) is 0 Å². The van der Waals surface area contributed by atoms with Gasteiger partial charge in [-0.2, -0.15) is 0 Å². The number of fused-ring (bicyclic) bond motifs is 1. The van der Waals surface area contributed by atoms with Crippen LogP contribution in [0.4, 0.5) is 0 Å². The Morgan fingerprint density at radius 2 is 2.04 bits per heavy atom. The summed E-state index contributed by atoms with van der Waals surface area (Å²) in [5, 5.41) is 0. The molecule has 5 nitrogen and oxygen atoms in total. The van der Waals surface area contributed by atoms with Crippen molar-refractivity contribution in [3.8, 4) is 11.5 Å². The third kappa shape index (κ3) is 2.44. The molecule has 5 heteroatoms. The van der Waals surface area contributed by atoms with Gasteiger partial charge in [0.1, 0.15) is 0 Å². The molecule has 24 heavy (non-hydrogen) atoms. The highest BCUT2D eigenvalue weighted by Gasteiger charge is 2.48. The number of allylic oxidation sites excluding steroid dienone is 1. The molecule has 0 unspecified atom stereocenters. The minimum Gasteiger partial charge on any atom is -0.493 e. The number of carbonyl (C=O) groups excluding carboxylic acids is 2. The summed E-state index contributed by atoms with van der Waals surface area (Å²) in [5.74, 6) is 1.09. The summed E-state index contributed by atoms with van der Waals surface area (Å²) in [6, 6.07) is 3.95. The second-order valence-corrected chi connectivity index (χ2v) is 6.61. The average molecular weight is 329 g/mol. The van der Waals surface area contributed by atoms with Gasteiger partial charge in [-0.25, -0.2) is 0 Å². The largest absolute Gasteiger partial charge is 0.493 e. The monoisotopic (exact) mass is 329 g/mol. The molecule has 0 N–H and O–H groups in total. The van der Waals surface area contributed by atoms with E-state index in [-0.39, 0.29) is 23.0 Å². The summed E-state index contributed by atoms with van der Waals surface area (Å²) in [4.78, 5) is 26.3. The highest BCUT2D eigenvalue weighted by molar-refractivity contribution is 5.98. The maximum Gasteiger partial charge on any atom is 0.171 e. The number of nitrogens with zero attached hydrogens (tertiary/aromatic N) is 1. The van der Waals surface area contributed by atoms with Crippen LogP contribution in [0.25, 0.3) is 0 Å². The number of carbonyl (C=O) groups is 2. The molecule has 1 fully saturated rings. The Kier molecular flexibility index (Phi) is 4.22. The SMILES string of the molecule is COc1cc([C@@]23C=CC(=O)C[C@@H]2N(C)CC3)cc(C(C)=O)c1OC. The van der Waals surface area contributed by atoms with E-state index in [0.717, 1.165) is 18.5 Å². The number of hydrogen-bond acceptors (Lipinski definition) is 5. The fourth-order valence-corrected chi connectivity index (χ4v) is 4.04. The first-order valence-corrected chi connectivity index (χ1v) is 8.12. The third-order valence-corrected chi connectivity index (χ3v) is 5.36. The molecule has 1 aromatic rings. The lowest BCUT2D eigenvalue weighted by atomic mass is 9.69. The van der Waals surface area contributed by atoms with Crippen LogP contribution in [-0.4, -0.2) is 50.3 Å². The zero-order chi connectivity index (χ0) is 17.5. The van der Waals surface area contributed by atoms with Crippen LogP contribution >= 0.6 is 0 Å². The van der Waals surface area contributed by atoms with Crippen LogP contribution in [0, 0.1) is 0 Å². The molecule has 0 spiro atoms. The van der Waals surface area contributed by atoms with Crippen LogP contribution < -0.4 is 9.47 Å². The minimum absolute atomic E-state index is 0.0674. The standard InChI is InChI=1S/C19H23NO4/c1-12(21)15-9-13(10-16(23-3)18(15)24-4)19-6-5-14(22)11-17(19)20(2)8-7-19/h5-6,9-10,17H,7-8,11H2,1-4H3/t17-,19-/m0/s1. The number of ether oxygens (including phenoxy) is 2. The van der Waals surface area contributed by atoms with Gasteiger partial charge < -0.3 is 14.4 Å². The van der Waals surface area contributed by atoms with Gasteiger partial charge in [-0.05, 0) is 50.7 Å². The van der Waals surface area contributed by atoms with Crippen LogP contribution in [-0.2, 0) is 10.2 Å². The number of methoxy groups -OCH3 is 2. The van der Waals surface area contributed by atoms with Crippen molar-refractivity contribution in [2.45, 2.75) is 31.2 Å². The maximum absolute atomic E-state index is 12.1. The Hall–Kier alpha value is -2.14. The van der Waals surface area contributed by atoms with Crippen molar-refractivity contribution in [1.82, 2.24) is 4.90 Å². The summed E-state index contributed by atoms with van der Waals surface area (Å²) >= 11 is 0. The van der Waals surface area contributed by atoms with Crippen molar-refractivity contribution in [1.29, 1.82) is 0 Å². The van der Waals surface area contributed by atoms with Crippen molar-refractivity contribution in [2.75, 3.05) is 27.8 Å². The van der Waals surface area contributed by atoms with Crippen LogP contribution in [0.3, 0.4) is 0 Å². The molecule has 128 valence electrons. The molecule has 1 saturated heterocycles. The maximum atomic E-state index is 12.1. The minimum atomic E-state index is -0.271. The molecule has 0 amide bonds. The number of likely N-dealkylation sites (tertiary alicyclic amines) is 1. The first kappa shape index (κ1) is 16.7. The lowest BCUT2D eigenvalue weighted by molar-refractivity contribution is -0.116. The Labute approximate surface area is 142 Å². The fourth-order valence-electron chi connectivity index (χ4n) is 4.04. The predicted octanol–water partition coefficient (Wildman–Crippen LogP) is 2.38. The lowest BCUT2D eigenvalue weighted by Gasteiger charge is -2.38. The number of hydrogen-bond donors (Lipinski definition) is 0. The van der Waals surface area contributed by atoms with Gasteiger partial charge in [0.05, 0.1) is 19.8 Å². The highest BCUT2D eigenvalue weighted by Crippen LogP contribution is 2.47. The molecule has 1 aliphatic heterocycles. The topological polar surface area (TPSA) is 55.8 Å². The van der Waals surface area contributed by atoms with Gasteiger partial charge in [-0.3, -0.25) is 9.59 Å². The second kappa shape index (κ2) is 6.06. The van der Waals surface area contributed by atoms with Gasteiger partial charge in [-0.15, -0.1) is 0 Å². The fraction of sp³-hybridized carbons (Fsp3) is 0.474. The van der Waals surface area contributed by atoms with Crippen LogP contribution in [0.5, 0.6) is 11.5 Å². The van der Waals surface area contributed by atoms with E-state index in [1.54, 1.807) is 13.2 Å². The Morgan fingerprint density at radius 1 is 1.29 bits per heavy atom. The van der Waals surface area contributed by atoms with E-state index in [1.807, 2.05) is 25.3 Å². The van der Waals surface area contributed by atoms with Crippen molar-refractivity contribution < 1.29 is 19.1 Å². The average Bonchev–Trinajstić information content (AvgIpc) is 2.91. The summed E-state index contributed by atoms with van der Waals surface area (Å²) in [5.41, 5.74) is 1.25. The smallest absolute Gasteiger partial charge is 0.171 e. The molecule has 0 radical (unpaired) electrons. The van der Waals surface area contributed by atoms with E-state index in [1.165, 1.54) is 14.0 Å². The molecule has 3 rings (SSSR count). The van der Waals surface area contributed by atoms with E-state index >= 15 is 0 Å². The summed E-state index contributed by atoms with van der Waals surface area (Å²) in [7, 11) is 5.15. The first-order chi connectivity index (χ1) is 11.4. The Bertz CT molecular complexity index is 724.